The molecular weight excluding hydrogens is 360 g/mol. The van der Waals surface area contributed by atoms with Gasteiger partial charge in [-0.3, -0.25) is 0 Å². The highest BCUT2D eigenvalue weighted by atomic mass is 79.9. The van der Waals surface area contributed by atoms with Crippen molar-refractivity contribution in [1.82, 2.24) is 5.32 Å². The fourth-order valence-corrected chi connectivity index (χ4v) is 2.64. The lowest BCUT2D eigenvalue weighted by atomic mass is 9.98. The Morgan fingerprint density at radius 3 is 2.62 bits per heavy atom. The predicted molar refractivity (Wildman–Crippen MR) is 85.6 cm³/mol. The summed E-state index contributed by atoms with van der Waals surface area (Å²) in [5, 5.41) is 3.79. The topological polar surface area (TPSA) is 12.0 Å². The van der Waals surface area contributed by atoms with Gasteiger partial charge in [-0.25, -0.2) is 8.78 Å². The quantitative estimate of drug-likeness (QED) is 0.751. The summed E-state index contributed by atoms with van der Waals surface area (Å²) in [5.41, 5.74) is 1.50. The van der Waals surface area contributed by atoms with E-state index in [-0.39, 0.29) is 17.7 Å². The Morgan fingerprint density at radius 2 is 1.95 bits per heavy atom. The lowest BCUT2D eigenvalue weighted by Crippen LogP contribution is -2.23. The van der Waals surface area contributed by atoms with Crippen LogP contribution in [0.5, 0.6) is 0 Å². The summed E-state index contributed by atoms with van der Waals surface area (Å²) in [6, 6.07) is 9.14. The van der Waals surface area contributed by atoms with Gasteiger partial charge in [0.15, 0.2) is 0 Å². The Labute approximate surface area is 136 Å². The molecule has 1 atom stereocenters. The predicted octanol–water partition coefficient (Wildman–Crippen LogP) is 5.27. The molecule has 21 heavy (non-hydrogen) atoms. The Bertz CT molecular complexity index is 634. The van der Waals surface area contributed by atoms with Crippen LogP contribution in [0.4, 0.5) is 8.78 Å². The van der Waals surface area contributed by atoms with Crippen molar-refractivity contribution < 1.29 is 8.78 Å². The van der Waals surface area contributed by atoms with Gasteiger partial charge in [0.05, 0.1) is 4.47 Å². The molecule has 0 aromatic heterocycles. The summed E-state index contributed by atoms with van der Waals surface area (Å²) in [6.45, 7) is 2.69. The van der Waals surface area contributed by atoms with Crippen molar-refractivity contribution in [1.29, 1.82) is 0 Å². The number of rotatable bonds is 5. The first-order valence-electron chi connectivity index (χ1n) is 6.63. The van der Waals surface area contributed by atoms with Gasteiger partial charge in [-0.15, -0.1) is 0 Å². The first-order valence-corrected chi connectivity index (χ1v) is 7.80. The van der Waals surface area contributed by atoms with E-state index in [4.69, 9.17) is 11.6 Å². The maximum Gasteiger partial charge on any atom is 0.137 e. The summed E-state index contributed by atoms with van der Waals surface area (Å²) in [4.78, 5) is 0. The van der Waals surface area contributed by atoms with Crippen LogP contribution in [0.2, 0.25) is 5.02 Å². The number of halogens is 4. The van der Waals surface area contributed by atoms with Gasteiger partial charge in [0, 0.05) is 11.1 Å². The summed E-state index contributed by atoms with van der Waals surface area (Å²) in [5.74, 6) is -0.646. The number of likely N-dealkylation sites (N-methyl/N-ethyl adjacent to an activating group) is 1. The molecule has 1 N–H and O–H groups in total. The minimum Gasteiger partial charge on any atom is -0.310 e. The minimum absolute atomic E-state index is 0.128. The Balaban J connectivity index is 2.30. The van der Waals surface area contributed by atoms with E-state index in [2.05, 4.69) is 21.2 Å². The van der Waals surface area contributed by atoms with Crippen LogP contribution in [0.25, 0.3) is 0 Å². The van der Waals surface area contributed by atoms with Gasteiger partial charge in [0.2, 0.25) is 0 Å². The molecule has 0 radical (unpaired) electrons. The van der Waals surface area contributed by atoms with Crippen molar-refractivity contribution in [3.05, 3.63) is 68.7 Å². The molecule has 2 aromatic carbocycles. The monoisotopic (exact) mass is 373 g/mol. The molecule has 0 saturated heterocycles. The van der Waals surface area contributed by atoms with E-state index in [9.17, 15) is 8.78 Å². The molecule has 0 heterocycles. The zero-order chi connectivity index (χ0) is 15.4. The van der Waals surface area contributed by atoms with Crippen molar-refractivity contribution in [2.24, 2.45) is 0 Å². The second-order valence-electron chi connectivity index (χ2n) is 4.72. The molecular formula is C16H15BrClF2N. The fourth-order valence-electron chi connectivity index (χ4n) is 2.20. The highest BCUT2D eigenvalue weighted by molar-refractivity contribution is 9.10. The summed E-state index contributed by atoms with van der Waals surface area (Å²) >= 11 is 9.25. The first kappa shape index (κ1) is 16.4. The van der Waals surface area contributed by atoms with Crippen molar-refractivity contribution >= 4 is 27.5 Å². The van der Waals surface area contributed by atoms with Crippen LogP contribution in [0, 0.1) is 11.6 Å². The largest absolute Gasteiger partial charge is 0.310 e. The molecule has 0 bridgehead atoms. The Hall–Kier alpha value is -0.970. The van der Waals surface area contributed by atoms with Gasteiger partial charge in [-0.2, -0.15) is 0 Å². The lowest BCUT2D eigenvalue weighted by Gasteiger charge is -2.19. The van der Waals surface area contributed by atoms with Crippen LogP contribution in [0.3, 0.4) is 0 Å². The molecule has 112 valence electrons. The van der Waals surface area contributed by atoms with Crippen molar-refractivity contribution in [3.8, 4) is 0 Å². The third-order valence-electron chi connectivity index (χ3n) is 3.23. The minimum atomic E-state index is -0.327. The lowest BCUT2D eigenvalue weighted by molar-refractivity contribution is 0.539. The molecule has 2 rings (SSSR count). The maximum atomic E-state index is 13.7. The Morgan fingerprint density at radius 1 is 1.19 bits per heavy atom. The van der Waals surface area contributed by atoms with Gasteiger partial charge in [0.1, 0.15) is 11.6 Å². The number of benzene rings is 2. The number of hydrogen-bond acceptors (Lipinski definition) is 1. The third-order valence-corrected chi connectivity index (χ3v) is 4.24. The molecule has 1 unspecified atom stereocenters. The highest BCUT2D eigenvalue weighted by Crippen LogP contribution is 2.26. The van der Waals surface area contributed by atoms with Crippen LogP contribution >= 0.6 is 27.5 Å². The summed E-state index contributed by atoms with van der Waals surface area (Å²) in [7, 11) is 0. The van der Waals surface area contributed by atoms with Crippen LogP contribution < -0.4 is 5.32 Å². The van der Waals surface area contributed by atoms with Crippen LogP contribution in [-0.4, -0.2) is 6.54 Å². The van der Waals surface area contributed by atoms with Crippen molar-refractivity contribution in [2.45, 2.75) is 19.4 Å². The summed E-state index contributed by atoms with van der Waals surface area (Å²) in [6.07, 6.45) is 0.492. The van der Waals surface area contributed by atoms with E-state index < -0.39 is 0 Å². The standard InChI is InChI=1S/C16H15BrClF2N/c1-2-21-16(10-3-5-13(17)15(20)8-10)9-11-7-12(19)4-6-14(11)18/h3-8,16,21H,2,9H2,1H3. The second-order valence-corrected chi connectivity index (χ2v) is 5.99. The maximum absolute atomic E-state index is 13.7. The molecule has 0 aliphatic carbocycles. The van der Waals surface area contributed by atoms with E-state index in [0.717, 1.165) is 12.1 Å². The van der Waals surface area contributed by atoms with Crippen molar-refractivity contribution in [3.63, 3.8) is 0 Å². The molecule has 5 heteroatoms. The van der Waals surface area contributed by atoms with E-state index in [0.29, 0.717) is 21.5 Å². The molecule has 0 spiro atoms. The SMILES string of the molecule is CCNC(Cc1cc(F)ccc1Cl)c1ccc(Br)c(F)c1. The average molecular weight is 375 g/mol. The van der Waals surface area contributed by atoms with Gasteiger partial charge < -0.3 is 5.32 Å². The van der Waals surface area contributed by atoms with Crippen LogP contribution in [-0.2, 0) is 6.42 Å². The smallest absolute Gasteiger partial charge is 0.137 e. The van der Waals surface area contributed by atoms with Gasteiger partial charge in [-0.1, -0.05) is 24.6 Å². The van der Waals surface area contributed by atoms with Crippen LogP contribution in [0.15, 0.2) is 40.9 Å². The van der Waals surface area contributed by atoms with Gasteiger partial charge >= 0.3 is 0 Å². The fraction of sp³-hybridized carbons (Fsp3) is 0.250. The number of nitrogens with one attached hydrogen (secondary N) is 1. The molecule has 0 amide bonds. The molecule has 0 fully saturated rings. The van der Waals surface area contributed by atoms with E-state index >= 15 is 0 Å². The summed E-state index contributed by atoms with van der Waals surface area (Å²) < 4.78 is 27.5. The van der Waals surface area contributed by atoms with Gasteiger partial charge in [0.25, 0.3) is 0 Å². The first-order chi connectivity index (χ1) is 10.0. The second kappa shape index (κ2) is 7.34. The van der Waals surface area contributed by atoms with Gasteiger partial charge in [-0.05, 0) is 70.4 Å². The third kappa shape index (κ3) is 4.25. The molecule has 0 aliphatic heterocycles. The molecule has 1 nitrogen and oxygen atoms in total. The zero-order valence-electron chi connectivity index (χ0n) is 11.5. The molecule has 0 saturated carbocycles. The number of hydrogen-bond donors (Lipinski definition) is 1. The van der Waals surface area contributed by atoms with E-state index in [1.807, 2.05) is 13.0 Å². The van der Waals surface area contributed by atoms with E-state index in [1.54, 1.807) is 6.07 Å². The average Bonchev–Trinajstić information content (AvgIpc) is 2.45. The molecule has 2 aromatic rings. The zero-order valence-corrected chi connectivity index (χ0v) is 13.8. The normalized spacial score (nSPS) is 12.4. The molecule has 0 aliphatic rings. The van der Waals surface area contributed by atoms with Crippen LogP contribution in [0.1, 0.15) is 24.1 Å². The highest BCUT2D eigenvalue weighted by Gasteiger charge is 2.15. The Kier molecular flexibility index (Phi) is 5.73. The van der Waals surface area contributed by atoms with E-state index in [1.165, 1.54) is 24.3 Å². The van der Waals surface area contributed by atoms with Crippen molar-refractivity contribution in [2.75, 3.05) is 6.54 Å².